The number of likely N-dealkylation sites (tertiary alicyclic amines) is 1. The third-order valence-electron chi connectivity index (χ3n) is 8.04. The molecule has 0 radical (unpaired) electrons. The normalized spacial score (nSPS) is 33.8. The Balaban J connectivity index is 1.61. The Kier molecular flexibility index (Phi) is 7.35. The van der Waals surface area contributed by atoms with Gasteiger partial charge in [-0.25, -0.2) is 0 Å². The molecule has 0 aromatic heterocycles. The number of aliphatic hydroxyl groups excluding tert-OH is 1. The van der Waals surface area contributed by atoms with Crippen molar-refractivity contribution < 1.29 is 33.8 Å². The highest BCUT2D eigenvalue weighted by molar-refractivity contribution is 6.05. The summed E-state index contributed by atoms with van der Waals surface area (Å²) in [5.41, 5.74) is 1.18. The molecule has 6 atom stereocenters. The fourth-order valence-electron chi connectivity index (χ4n) is 6.21. The van der Waals surface area contributed by atoms with Gasteiger partial charge in [0.25, 0.3) is 5.91 Å². The van der Waals surface area contributed by atoms with Gasteiger partial charge in [-0.2, -0.15) is 0 Å². The number of carbonyl (C=O) groups excluding carboxylic acids is 4. The number of esters is 1. The first-order valence-electron chi connectivity index (χ1n) is 13.5. The van der Waals surface area contributed by atoms with Gasteiger partial charge in [-0.3, -0.25) is 19.2 Å². The summed E-state index contributed by atoms with van der Waals surface area (Å²) in [5.74, 6) is -3.48. The Bertz CT molecular complexity index is 1240. The van der Waals surface area contributed by atoms with E-state index in [4.69, 9.17) is 9.47 Å². The van der Waals surface area contributed by atoms with Crippen molar-refractivity contribution in [2.75, 3.05) is 31.1 Å². The van der Waals surface area contributed by atoms with Crippen LogP contribution in [-0.2, 0) is 28.7 Å². The molecule has 208 valence electrons. The minimum atomic E-state index is -1.36. The number of ether oxygens (including phenoxy) is 2. The second-order valence-electron chi connectivity index (χ2n) is 10.8. The minimum absolute atomic E-state index is 0.0734. The van der Waals surface area contributed by atoms with E-state index in [0.29, 0.717) is 12.1 Å². The molecule has 10 heteroatoms. The van der Waals surface area contributed by atoms with Gasteiger partial charge in [-0.1, -0.05) is 36.4 Å². The van der Waals surface area contributed by atoms with Crippen molar-refractivity contribution in [3.8, 4) is 0 Å². The van der Waals surface area contributed by atoms with Crippen LogP contribution in [0.3, 0.4) is 0 Å². The quantitative estimate of drug-likeness (QED) is 0.438. The molecule has 4 aliphatic rings. The standard InChI is InChI=1S/C29H35N3O7/c1-17-8-9-18(2)20(15-17)31-12-6-4-5-7-22(34)30-16-19(3)38-28(37)23-21-10-11-29(39-21)24(23)26(35)32(13-14-33)25(29)27(31)36/h4,6,8-11,15,19,21,23-25,33H,5,7,12-14,16H2,1-3H3,(H,30,34)/b6-4-/t19-,21+,23-,24-,25+,29-/m1/s1. The zero-order valence-electron chi connectivity index (χ0n) is 22.5. The number of allylic oxidation sites excluding steroid dienone is 1. The van der Waals surface area contributed by atoms with Crippen molar-refractivity contribution in [1.82, 2.24) is 10.2 Å². The molecule has 3 amide bonds. The summed E-state index contributed by atoms with van der Waals surface area (Å²) in [4.78, 5) is 57.0. The molecule has 1 spiro atoms. The monoisotopic (exact) mass is 537 g/mol. The Morgan fingerprint density at radius 3 is 2.69 bits per heavy atom. The van der Waals surface area contributed by atoms with Crippen molar-refractivity contribution in [3.05, 3.63) is 53.6 Å². The van der Waals surface area contributed by atoms with Crippen molar-refractivity contribution in [1.29, 1.82) is 0 Å². The maximum absolute atomic E-state index is 14.5. The van der Waals surface area contributed by atoms with Crippen LogP contribution in [0.15, 0.2) is 42.5 Å². The molecule has 2 N–H and O–H groups in total. The number of rotatable bonds is 3. The summed E-state index contributed by atoms with van der Waals surface area (Å²) in [6.07, 6.45) is 6.54. The Labute approximate surface area is 227 Å². The predicted octanol–water partition coefficient (Wildman–Crippen LogP) is 1.18. The lowest BCUT2D eigenvalue weighted by Gasteiger charge is -2.36. The van der Waals surface area contributed by atoms with Crippen LogP contribution in [0.2, 0.25) is 0 Å². The fraction of sp³-hybridized carbons (Fsp3) is 0.517. The van der Waals surface area contributed by atoms with E-state index < -0.39 is 47.6 Å². The number of cyclic esters (lactones) is 1. The lowest BCUT2D eigenvalue weighted by Crippen LogP contribution is -2.56. The number of carbonyl (C=O) groups is 4. The highest BCUT2D eigenvalue weighted by Gasteiger charge is 2.73. The van der Waals surface area contributed by atoms with Crippen molar-refractivity contribution in [3.63, 3.8) is 0 Å². The summed E-state index contributed by atoms with van der Waals surface area (Å²) in [7, 11) is 0. The average molecular weight is 538 g/mol. The number of anilines is 1. The van der Waals surface area contributed by atoms with E-state index in [9.17, 15) is 24.3 Å². The van der Waals surface area contributed by atoms with Crippen LogP contribution in [0.1, 0.15) is 30.9 Å². The third kappa shape index (κ3) is 4.65. The molecule has 0 aliphatic carbocycles. The zero-order chi connectivity index (χ0) is 27.9. The van der Waals surface area contributed by atoms with Crippen LogP contribution in [0.25, 0.3) is 0 Å². The predicted molar refractivity (Wildman–Crippen MR) is 142 cm³/mol. The Morgan fingerprint density at radius 2 is 1.92 bits per heavy atom. The highest BCUT2D eigenvalue weighted by Crippen LogP contribution is 2.55. The molecule has 39 heavy (non-hydrogen) atoms. The maximum atomic E-state index is 14.5. The minimum Gasteiger partial charge on any atom is -0.460 e. The molecule has 4 aliphatic heterocycles. The van der Waals surface area contributed by atoms with Gasteiger partial charge in [0.2, 0.25) is 11.8 Å². The van der Waals surface area contributed by atoms with Gasteiger partial charge in [-0.05, 0) is 44.4 Å². The van der Waals surface area contributed by atoms with Crippen LogP contribution in [0.4, 0.5) is 5.69 Å². The molecule has 5 rings (SSSR count). The number of nitrogens with zero attached hydrogens (tertiary/aromatic N) is 2. The number of β-amino-alcohol motifs (C(OH)–C–C–N with tert-alkyl or cyclic N) is 1. The largest absolute Gasteiger partial charge is 0.460 e. The van der Waals surface area contributed by atoms with E-state index in [1.807, 2.05) is 44.2 Å². The maximum Gasteiger partial charge on any atom is 0.313 e. The molecule has 4 heterocycles. The molecule has 1 aromatic rings. The van der Waals surface area contributed by atoms with Crippen LogP contribution in [0, 0.1) is 25.7 Å². The topological polar surface area (TPSA) is 125 Å². The van der Waals surface area contributed by atoms with Gasteiger partial charge < -0.3 is 29.7 Å². The summed E-state index contributed by atoms with van der Waals surface area (Å²) < 4.78 is 12.0. The van der Waals surface area contributed by atoms with E-state index in [1.165, 1.54) is 4.90 Å². The highest BCUT2D eigenvalue weighted by atomic mass is 16.6. The molecule has 5 bridgehead atoms. The molecule has 2 saturated heterocycles. The van der Waals surface area contributed by atoms with E-state index in [2.05, 4.69) is 5.32 Å². The number of fused-ring (bicyclic) bond motifs is 2. The molecule has 0 saturated carbocycles. The summed E-state index contributed by atoms with van der Waals surface area (Å²) in [5, 5.41) is 12.6. The Hall–Kier alpha value is -3.50. The number of hydrogen-bond acceptors (Lipinski definition) is 7. The van der Waals surface area contributed by atoms with E-state index in [-0.39, 0.29) is 44.5 Å². The molecule has 0 unspecified atom stereocenters. The van der Waals surface area contributed by atoms with E-state index in [1.54, 1.807) is 24.0 Å². The lowest BCUT2D eigenvalue weighted by atomic mass is 9.74. The first-order valence-corrected chi connectivity index (χ1v) is 13.5. The second-order valence-corrected chi connectivity index (χ2v) is 10.8. The number of hydrogen-bond donors (Lipinski definition) is 2. The van der Waals surface area contributed by atoms with Gasteiger partial charge in [0.15, 0.2) is 0 Å². The van der Waals surface area contributed by atoms with Crippen LogP contribution in [0.5, 0.6) is 0 Å². The first kappa shape index (κ1) is 27.1. The first-order chi connectivity index (χ1) is 18.7. The van der Waals surface area contributed by atoms with Crippen LogP contribution < -0.4 is 10.2 Å². The molecular formula is C29H35N3O7. The number of amides is 3. The van der Waals surface area contributed by atoms with Crippen molar-refractivity contribution in [2.24, 2.45) is 11.8 Å². The van der Waals surface area contributed by atoms with Gasteiger partial charge in [-0.15, -0.1) is 0 Å². The van der Waals surface area contributed by atoms with Gasteiger partial charge in [0, 0.05) is 25.2 Å². The molecular weight excluding hydrogens is 502 g/mol. The average Bonchev–Trinajstić information content (AvgIpc) is 3.54. The van der Waals surface area contributed by atoms with Gasteiger partial charge in [0.05, 0.1) is 25.2 Å². The summed E-state index contributed by atoms with van der Waals surface area (Å²) in [6.45, 7) is 5.46. The Morgan fingerprint density at radius 1 is 1.13 bits per heavy atom. The van der Waals surface area contributed by atoms with E-state index in [0.717, 1.165) is 11.1 Å². The number of aryl methyl sites for hydroxylation is 2. The van der Waals surface area contributed by atoms with Crippen LogP contribution >= 0.6 is 0 Å². The number of aliphatic hydroxyl groups is 1. The zero-order valence-corrected chi connectivity index (χ0v) is 22.5. The fourth-order valence-corrected chi connectivity index (χ4v) is 6.21. The molecule has 1 aromatic carbocycles. The second kappa shape index (κ2) is 10.6. The van der Waals surface area contributed by atoms with Crippen molar-refractivity contribution >= 4 is 29.4 Å². The van der Waals surface area contributed by atoms with Crippen molar-refractivity contribution in [2.45, 2.75) is 57.5 Å². The third-order valence-corrected chi connectivity index (χ3v) is 8.04. The van der Waals surface area contributed by atoms with E-state index >= 15 is 0 Å². The number of benzene rings is 1. The van der Waals surface area contributed by atoms with Gasteiger partial charge >= 0.3 is 5.97 Å². The molecule has 2 fully saturated rings. The SMILES string of the molecule is Cc1ccc(C)c(N2C/C=C\CCC(=O)NC[C@@H](C)OC(=O)[C@@H]3[C@@H]4C=C[C@]5(O4)[C@H](C2=O)N(CCO)C(=O)[C@@H]35)c1. The summed E-state index contributed by atoms with van der Waals surface area (Å²) >= 11 is 0. The number of nitrogens with one attached hydrogen (secondary N) is 1. The van der Waals surface area contributed by atoms with Crippen LogP contribution in [-0.4, -0.2) is 83.8 Å². The smallest absolute Gasteiger partial charge is 0.313 e. The lowest BCUT2D eigenvalue weighted by molar-refractivity contribution is -0.158. The van der Waals surface area contributed by atoms with Gasteiger partial charge in [0.1, 0.15) is 23.7 Å². The summed E-state index contributed by atoms with van der Waals surface area (Å²) in [6, 6.07) is 4.74. The molecule has 10 nitrogen and oxygen atoms in total.